The van der Waals surface area contributed by atoms with E-state index in [4.69, 9.17) is 0 Å². The van der Waals surface area contributed by atoms with E-state index in [1.54, 1.807) is 4.90 Å². The number of likely N-dealkylation sites (tertiary alicyclic amines) is 1. The second-order valence-electron chi connectivity index (χ2n) is 8.31. The van der Waals surface area contributed by atoms with Gasteiger partial charge in [-0.05, 0) is 49.9 Å². The summed E-state index contributed by atoms with van der Waals surface area (Å²) in [4.78, 5) is 41.3. The lowest BCUT2D eigenvalue weighted by Gasteiger charge is -2.34. The van der Waals surface area contributed by atoms with Crippen LogP contribution in [0.4, 0.5) is 14.5 Å². The molecule has 2 aromatic rings. The number of benzene rings is 2. The van der Waals surface area contributed by atoms with Gasteiger partial charge in [0.25, 0.3) is 5.91 Å². The predicted octanol–water partition coefficient (Wildman–Crippen LogP) is 4.00. The van der Waals surface area contributed by atoms with Gasteiger partial charge in [0.05, 0.1) is 12.1 Å². The summed E-state index contributed by atoms with van der Waals surface area (Å²) in [6.45, 7) is 4.85. The molecule has 2 aromatic carbocycles. The van der Waals surface area contributed by atoms with Crippen LogP contribution >= 0.6 is 0 Å². The molecule has 0 radical (unpaired) electrons. The first-order valence-electron chi connectivity index (χ1n) is 11.2. The summed E-state index contributed by atoms with van der Waals surface area (Å²) in [5.41, 5.74) is 1.47. The van der Waals surface area contributed by atoms with Crippen molar-refractivity contribution in [1.82, 2.24) is 9.80 Å². The van der Waals surface area contributed by atoms with Gasteiger partial charge < -0.3 is 15.1 Å². The third kappa shape index (κ3) is 6.15. The van der Waals surface area contributed by atoms with Crippen LogP contribution in [0, 0.1) is 24.5 Å². The predicted molar refractivity (Wildman–Crippen MR) is 122 cm³/mol. The lowest BCUT2D eigenvalue weighted by Crippen LogP contribution is -2.46. The fourth-order valence-electron chi connectivity index (χ4n) is 4.03. The Balaban J connectivity index is 1.58. The second-order valence-corrected chi connectivity index (χ2v) is 8.31. The number of rotatable bonds is 7. The van der Waals surface area contributed by atoms with Gasteiger partial charge in [0.2, 0.25) is 11.8 Å². The summed E-state index contributed by atoms with van der Waals surface area (Å²) in [7, 11) is 0. The summed E-state index contributed by atoms with van der Waals surface area (Å²) in [5, 5.41) is 2.86. The minimum absolute atomic E-state index is 0.0407. The van der Waals surface area contributed by atoms with Crippen molar-refractivity contribution in [3.63, 3.8) is 0 Å². The molecule has 176 valence electrons. The standard InChI is InChI=1S/C25H29F2N3O3/c1-3-12-30(16-23(31)28-22-7-5-4-6-17(22)2)24(32)18-10-13-29(14-11-18)25(33)20-9-8-19(26)15-21(20)27/h4-9,15,18H,3,10-14,16H2,1-2H3,(H,28,31). The van der Waals surface area contributed by atoms with Crippen molar-refractivity contribution in [3.05, 3.63) is 65.2 Å². The average molecular weight is 458 g/mol. The number of halogens is 2. The molecule has 0 atom stereocenters. The summed E-state index contributed by atoms with van der Waals surface area (Å²) >= 11 is 0. The monoisotopic (exact) mass is 457 g/mol. The van der Waals surface area contributed by atoms with Gasteiger partial charge in [0, 0.05) is 37.3 Å². The van der Waals surface area contributed by atoms with E-state index in [9.17, 15) is 23.2 Å². The van der Waals surface area contributed by atoms with Crippen molar-refractivity contribution in [3.8, 4) is 0 Å². The smallest absolute Gasteiger partial charge is 0.256 e. The molecule has 1 aliphatic rings. The van der Waals surface area contributed by atoms with Crippen LogP contribution in [0.5, 0.6) is 0 Å². The Bertz CT molecular complexity index is 1020. The highest BCUT2D eigenvalue weighted by Crippen LogP contribution is 2.23. The molecule has 33 heavy (non-hydrogen) atoms. The summed E-state index contributed by atoms with van der Waals surface area (Å²) in [6.07, 6.45) is 1.56. The Morgan fingerprint density at radius 1 is 1.09 bits per heavy atom. The number of hydrogen-bond acceptors (Lipinski definition) is 3. The number of aryl methyl sites for hydroxylation is 1. The highest BCUT2D eigenvalue weighted by Gasteiger charge is 2.31. The van der Waals surface area contributed by atoms with E-state index >= 15 is 0 Å². The van der Waals surface area contributed by atoms with Crippen LogP contribution in [0.1, 0.15) is 42.1 Å². The molecule has 1 heterocycles. The number of hydrogen-bond donors (Lipinski definition) is 1. The van der Waals surface area contributed by atoms with Crippen LogP contribution in [0.3, 0.4) is 0 Å². The Morgan fingerprint density at radius 2 is 1.79 bits per heavy atom. The lowest BCUT2D eigenvalue weighted by atomic mass is 9.94. The summed E-state index contributed by atoms with van der Waals surface area (Å²) < 4.78 is 27.1. The van der Waals surface area contributed by atoms with E-state index in [2.05, 4.69) is 5.32 Å². The molecule has 8 heteroatoms. The minimum atomic E-state index is -0.896. The third-order valence-electron chi connectivity index (χ3n) is 5.85. The molecular weight excluding hydrogens is 428 g/mol. The van der Waals surface area contributed by atoms with Crippen LogP contribution in [0.15, 0.2) is 42.5 Å². The van der Waals surface area contributed by atoms with Crippen molar-refractivity contribution >= 4 is 23.4 Å². The molecule has 0 aromatic heterocycles. The maximum absolute atomic E-state index is 14.0. The Hall–Kier alpha value is -3.29. The van der Waals surface area contributed by atoms with E-state index in [1.165, 1.54) is 4.90 Å². The lowest BCUT2D eigenvalue weighted by molar-refractivity contribution is -0.139. The SMILES string of the molecule is CCCN(CC(=O)Nc1ccccc1C)C(=O)C1CCN(C(=O)c2ccc(F)cc2F)CC1. The van der Waals surface area contributed by atoms with E-state index in [0.717, 1.165) is 17.7 Å². The molecule has 6 nitrogen and oxygen atoms in total. The fraction of sp³-hybridized carbons (Fsp3) is 0.400. The molecule has 1 saturated heterocycles. The van der Waals surface area contributed by atoms with E-state index in [1.807, 2.05) is 38.1 Å². The first-order valence-corrected chi connectivity index (χ1v) is 11.2. The molecule has 1 aliphatic heterocycles. The molecule has 3 amide bonds. The van der Waals surface area contributed by atoms with Crippen molar-refractivity contribution in [2.45, 2.75) is 33.1 Å². The first kappa shape index (κ1) is 24.4. The number of nitrogens with zero attached hydrogens (tertiary/aromatic N) is 2. The number of para-hydroxylation sites is 1. The van der Waals surface area contributed by atoms with Crippen LogP contribution in [-0.2, 0) is 9.59 Å². The van der Waals surface area contributed by atoms with Crippen molar-refractivity contribution in [2.24, 2.45) is 5.92 Å². The zero-order valence-electron chi connectivity index (χ0n) is 18.9. The van der Waals surface area contributed by atoms with Gasteiger partial charge in [-0.3, -0.25) is 14.4 Å². The van der Waals surface area contributed by atoms with Crippen molar-refractivity contribution in [2.75, 3.05) is 31.5 Å². The molecule has 0 bridgehead atoms. The largest absolute Gasteiger partial charge is 0.339 e. The number of piperidine rings is 1. The van der Waals surface area contributed by atoms with Crippen LogP contribution in [0.2, 0.25) is 0 Å². The maximum Gasteiger partial charge on any atom is 0.256 e. The molecular formula is C25H29F2N3O3. The van der Waals surface area contributed by atoms with Crippen LogP contribution < -0.4 is 5.32 Å². The van der Waals surface area contributed by atoms with Gasteiger partial charge in [-0.2, -0.15) is 0 Å². The van der Waals surface area contributed by atoms with Crippen LogP contribution in [0.25, 0.3) is 0 Å². The third-order valence-corrected chi connectivity index (χ3v) is 5.85. The number of carbonyl (C=O) groups excluding carboxylic acids is 3. The normalized spacial score (nSPS) is 14.1. The van der Waals surface area contributed by atoms with E-state index in [-0.39, 0.29) is 29.8 Å². The van der Waals surface area contributed by atoms with Gasteiger partial charge in [-0.15, -0.1) is 0 Å². The average Bonchev–Trinajstić information content (AvgIpc) is 2.79. The highest BCUT2D eigenvalue weighted by atomic mass is 19.1. The zero-order valence-corrected chi connectivity index (χ0v) is 18.9. The van der Waals surface area contributed by atoms with Crippen molar-refractivity contribution < 1.29 is 23.2 Å². The summed E-state index contributed by atoms with van der Waals surface area (Å²) in [5.74, 6) is -2.84. The number of nitrogens with one attached hydrogen (secondary N) is 1. The van der Waals surface area contributed by atoms with Gasteiger partial charge in [0.1, 0.15) is 11.6 Å². The summed E-state index contributed by atoms with van der Waals surface area (Å²) in [6, 6.07) is 10.3. The van der Waals surface area contributed by atoms with Crippen molar-refractivity contribution in [1.29, 1.82) is 0 Å². The zero-order chi connectivity index (χ0) is 24.0. The Labute approximate surface area is 192 Å². The number of anilines is 1. The van der Waals surface area contributed by atoms with Gasteiger partial charge in [0.15, 0.2) is 0 Å². The quantitative estimate of drug-likeness (QED) is 0.683. The Kier molecular flexibility index (Phi) is 8.14. The van der Waals surface area contributed by atoms with Gasteiger partial charge in [-0.25, -0.2) is 8.78 Å². The first-order chi connectivity index (χ1) is 15.8. The molecule has 0 aliphatic carbocycles. The topological polar surface area (TPSA) is 69.7 Å². The molecule has 3 rings (SSSR count). The van der Waals surface area contributed by atoms with Crippen LogP contribution in [-0.4, -0.2) is 53.7 Å². The number of amides is 3. The molecule has 1 N–H and O–H groups in total. The van der Waals surface area contributed by atoms with E-state index in [0.29, 0.717) is 50.7 Å². The van der Waals surface area contributed by atoms with Gasteiger partial charge >= 0.3 is 0 Å². The second kappa shape index (κ2) is 11.0. The van der Waals surface area contributed by atoms with E-state index < -0.39 is 17.5 Å². The molecule has 0 unspecified atom stereocenters. The number of carbonyl (C=O) groups is 3. The maximum atomic E-state index is 14.0. The molecule has 1 fully saturated rings. The molecule has 0 spiro atoms. The molecule has 0 saturated carbocycles. The Morgan fingerprint density at radius 3 is 2.42 bits per heavy atom. The fourth-order valence-corrected chi connectivity index (χ4v) is 4.03. The minimum Gasteiger partial charge on any atom is -0.339 e. The highest BCUT2D eigenvalue weighted by molar-refractivity contribution is 5.96. The van der Waals surface area contributed by atoms with Gasteiger partial charge in [-0.1, -0.05) is 25.1 Å².